The summed E-state index contributed by atoms with van der Waals surface area (Å²) in [5.41, 5.74) is 4.47. The number of aryl methyl sites for hydroxylation is 1. The molecule has 0 radical (unpaired) electrons. The number of hydrogen-bond donors (Lipinski definition) is 2. The third-order valence-corrected chi connectivity index (χ3v) is 5.89. The number of sulfonamides is 1. The summed E-state index contributed by atoms with van der Waals surface area (Å²) in [6, 6.07) is 17.0. The molecule has 152 valence electrons. The van der Waals surface area contributed by atoms with Crippen LogP contribution < -0.4 is 10.0 Å². The largest absolute Gasteiger partial charge is 0.326 e. The molecule has 0 aliphatic heterocycles. The van der Waals surface area contributed by atoms with E-state index in [9.17, 15) is 13.2 Å². The predicted molar refractivity (Wildman–Crippen MR) is 117 cm³/mol. The van der Waals surface area contributed by atoms with Crippen LogP contribution in [0, 0.1) is 6.92 Å². The van der Waals surface area contributed by atoms with Crippen LogP contribution in [0.4, 0.5) is 11.4 Å². The minimum absolute atomic E-state index is 0.102. The number of pyridine rings is 1. The molecule has 2 aromatic heterocycles. The van der Waals surface area contributed by atoms with Crippen LogP contribution in [-0.2, 0) is 14.8 Å². The molecule has 4 rings (SSSR count). The average Bonchev–Trinajstić information content (AvgIpc) is 3.11. The van der Waals surface area contributed by atoms with Crippen molar-refractivity contribution < 1.29 is 13.2 Å². The molecule has 0 saturated carbocycles. The number of aromatic nitrogens is 2. The quantitative estimate of drug-likeness (QED) is 0.509. The molecule has 0 aliphatic rings. The Kier molecular flexibility index (Phi) is 5.01. The lowest BCUT2D eigenvalue weighted by atomic mass is 10.1. The molecule has 30 heavy (non-hydrogen) atoms. The van der Waals surface area contributed by atoms with Gasteiger partial charge in [0.25, 0.3) is 10.0 Å². The van der Waals surface area contributed by atoms with Crippen molar-refractivity contribution in [2.45, 2.75) is 18.7 Å². The first kappa shape index (κ1) is 19.7. The van der Waals surface area contributed by atoms with Crippen LogP contribution in [0.3, 0.4) is 0 Å². The number of benzene rings is 2. The van der Waals surface area contributed by atoms with Gasteiger partial charge in [-0.1, -0.05) is 18.2 Å². The number of imidazole rings is 1. The van der Waals surface area contributed by atoms with E-state index in [2.05, 4.69) is 15.0 Å². The van der Waals surface area contributed by atoms with Crippen LogP contribution >= 0.6 is 0 Å². The lowest BCUT2D eigenvalue weighted by molar-refractivity contribution is -0.114. The fourth-order valence-corrected chi connectivity index (χ4v) is 4.17. The van der Waals surface area contributed by atoms with Crippen molar-refractivity contribution in [1.82, 2.24) is 9.38 Å². The van der Waals surface area contributed by atoms with Gasteiger partial charge in [0.05, 0.1) is 10.6 Å². The van der Waals surface area contributed by atoms with Crippen molar-refractivity contribution in [2.75, 3.05) is 10.0 Å². The van der Waals surface area contributed by atoms with Gasteiger partial charge in [0.1, 0.15) is 5.65 Å². The summed E-state index contributed by atoms with van der Waals surface area (Å²) in [7, 11) is -3.78. The fourth-order valence-electron chi connectivity index (χ4n) is 3.12. The second kappa shape index (κ2) is 7.64. The van der Waals surface area contributed by atoms with Gasteiger partial charge in [0, 0.05) is 36.3 Å². The number of rotatable bonds is 5. The zero-order valence-corrected chi connectivity index (χ0v) is 17.3. The van der Waals surface area contributed by atoms with Crippen LogP contribution in [0.15, 0.2) is 78.0 Å². The highest BCUT2D eigenvalue weighted by Crippen LogP contribution is 2.25. The zero-order valence-electron chi connectivity index (χ0n) is 16.5. The molecule has 7 nitrogen and oxygen atoms in total. The Bertz CT molecular complexity index is 1340. The topological polar surface area (TPSA) is 92.6 Å². The molecule has 0 aliphatic carbocycles. The number of carbonyl (C=O) groups is 1. The molecule has 2 N–H and O–H groups in total. The second-order valence-electron chi connectivity index (χ2n) is 6.99. The smallest absolute Gasteiger partial charge is 0.261 e. The maximum atomic E-state index is 12.7. The Morgan fingerprint density at radius 1 is 0.967 bits per heavy atom. The number of nitrogens with zero attached hydrogens (tertiary/aromatic N) is 2. The van der Waals surface area contributed by atoms with Crippen LogP contribution in [0.25, 0.3) is 16.9 Å². The van der Waals surface area contributed by atoms with E-state index in [1.165, 1.54) is 19.1 Å². The molecule has 4 aromatic rings. The highest BCUT2D eigenvalue weighted by molar-refractivity contribution is 7.92. The van der Waals surface area contributed by atoms with E-state index >= 15 is 0 Å². The van der Waals surface area contributed by atoms with Crippen LogP contribution in [0.5, 0.6) is 0 Å². The van der Waals surface area contributed by atoms with Gasteiger partial charge >= 0.3 is 0 Å². The Morgan fingerprint density at radius 2 is 1.73 bits per heavy atom. The van der Waals surface area contributed by atoms with Gasteiger partial charge in [0.15, 0.2) is 0 Å². The molecule has 0 saturated heterocycles. The maximum Gasteiger partial charge on any atom is 0.261 e. The molecular weight excluding hydrogens is 400 g/mol. The third kappa shape index (κ3) is 4.18. The summed E-state index contributed by atoms with van der Waals surface area (Å²) in [5.74, 6) is -0.220. The summed E-state index contributed by atoms with van der Waals surface area (Å²) >= 11 is 0. The molecule has 2 heterocycles. The fraction of sp³-hybridized carbons (Fsp3) is 0.0909. The van der Waals surface area contributed by atoms with Crippen molar-refractivity contribution in [2.24, 2.45) is 0 Å². The van der Waals surface area contributed by atoms with E-state index in [-0.39, 0.29) is 10.8 Å². The zero-order chi connectivity index (χ0) is 21.3. The summed E-state index contributed by atoms with van der Waals surface area (Å²) < 4.78 is 30.0. The Labute approximate surface area is 174 Å². The number of hydrogen-bond acceptors (Lipinski definition) is 4. The van der Waals surface area contributed by atoms with E-state index < -0.39 is 10.0 Å². The summed E-state index contributed by atoms with van der Waals surface area (Å²) in [6.45, 7) is 3.40. The number of carbonyl (C=O) groups excluding carboxylic acids is 1. The van der Waals surface area contributed by atoms with Gasteiger partial charge < -0.3 is 9.72 Å². The highest BCUT2D eigenvalue weighted by Gasteiger charge is 2.15. The van der Waals surface area contributed by atoms with Gasteiger partial charge in [-0.25, -0.2) is 13.4 Å². The van der Waals surface area contributed by atoms with Gasteiger partial charge in [-0.15, -0.1) is 0 Å². The van der Waals surface area contributed by atoms with E-state index in [0.29, 0.717) is 11.4 Å². The van der Waals surface area contributed by atoms with E-state index in [4.69, 9.17) is 0 Å². The standard InChI is InChI=1S/C22H20N4O3S/c1-15-6-11-22-24-21(14-26(22)13-15)17-4-3-5-19(12-17)25-30(28,29)20-9-7-18(8-10-20)23-16(2)27/h3-14,25H,1-2H3,(H,23,27). The predicted octanol–water partition coefficient (Wildman–Crippen LogP) is 4.07. The molecular formula is C22H20N4O3S. The molecule has 0 atom stereocenters. The molecule has 1 amide bonds. The summed E-state index contributed by atoms with van der Waals surface area (Å²) in [6.07, 6.45) is 3.90. The van der Waals surface area contributed by atoms with Crippen LogP contribution in [0.1, 0.15) is 12.5 Å². The number of amides is 1. The van der Waals surface area contributed by atoms with E-state index in [1.807, 2.05) is 41.9 Å². The summed E-state index contributed by atoms with van der Waals surface area (Å²) in [4.78, 5) is 15.8. The molecule has 0 unspecified atom stereocenters. The first-order valence-corrected chi connectivity index (χ1v) is 10.7. The van der Waals surface area contributed by atoms with Gasteiger partial charge in [-0.3, -0.25) is 9.52 Å². The maximum absolute atomic E-state index is 12.7. The van der Waals surface area contributed by atoms with Gasteiger partial charge in [0.2, 0.25) is 5.91 Å². The van der Waals surface area contributed by atoms with Crippen molar-refractivity contribution >= 4 is 33.0 Å². The monoisotopic (exact) mass is 420 g/mol. The van der Waals surface area contributed by atoms with Gasteiger partial charge in [-0.05, 0) is 55.0 Å². The number of anilines is 2. The number of nitrogens with one attached hydrogen (secondary N) is 2. The first-order valence-electron chi connectivity index (χ1n) is 9.26. The SMILES string of the molecule is CC(=O)Nc1ccc(S(=O)(=O)Nc2cccc(-c3cn4cc(C)ccc4n3)c2)cc1. The minimum atomic E-state index is -3.78. The molecule has 0 bridgehead atoms. The van der Waals surface area contributed by atoms with E-state index in [1.54, 1.807) is 30.3 Å². The van der Waals surface area contributed by atoms with Crippen LogP contribution in [-0.4, -0.2) is 23.7 Å². The lowest BCUT2D eigenvalue weighted by Crippen LogP contribution is -2.13. The van der Waals surface area contributed by atoms with Crippen molar-refractivity contribution in [1.29, 1.82) is 0 Å². The molecule has 0 fully saturated rings. The molecule has 0 spiro atoms. The minimum Gasteiger partial charge on any atom is -0.326 e. The van der Waals surface area contributed by atoms with Crippen molar-refractivity contribution in [3.63, 3.8) is 0 Å². The second-order valence-corrected chi connectivity index (χ2v) is 8.67. The summed E-state index contributed by atoms with van der Waals surface area (Å²) in [5, 5.41) is 2.61. The Morgan fingerprint density at radius 3 is 2.47 bits per heavy atom. The Hall–Kier alpha value is -3.65. The first-order chi connectivity index (χ1) is 14.3. The number of fused-ring (bicyclic) bond motifs is 1. The normalized spacial score (nSPS) is 11.4. The Balaban J connectivity index is 1.59. The molecule has 2 aromatic carbocycles. The average molecular weight is 420 g/mol. The lowest BCUT2D eigenvalue weighted by Gasteiger charge is -2.10. The van der Waals surface area contributed by atoms with E-state index in [0.717, 1.165) is 22.5 Å². The molecule has 8 heteroatoms. The third-order valence-electron chi connectivity index (χ3n) is 4.49. The highest BCUT2D eigenvalue weighted by atomic mass is 32.2. The van der Waals surface area contributed by atoms with Crippen molar-refractivity contribution in [3.8, 4) is 11.3 Å². The van der Waals surface area contributed by atoms with Crippen LogP contribution in [0.2, 0.25) is 0 Å². The van der Waals surface area contributed by atoms with Gasteiger partial charge in [-0.2, -0.15) is 0 Å². The van der Waals surface area contributed by atoms with Crippen molar-refractivity contribution in [3.05, 3.63) is 78.6 Å².